The van der Waals surface area contributed by atoms with Crippen molar-refractivity contribution in [3.05, 3.63) is 76.7 Å². The Labute approximate surface area is 186 Å². The van der Waals surface area contributed by atoms with E-state index in [0.717, 1.165) is 37.2 Å². The summed E-state index contributed by atoms with van der Waals surface area (Å²) in [7, 11) is 0. The molecule has 1 aliphatic heterocycles. The molecule has 0 fully saturated rings. The SMILES string of the molecule is CCN1CCc2c(cccc2NC(=O)C(=O)Nc2c(C)cnn2Cc2ccccc2F)C1. The van der Waals surface area contributed by atoms with Crippen LogP contribution in [0.5, 0.6) is 0 Å². The zero-order chi connectivity index (χ0) is 22.7. The predicted octanol–water partition coefficient (Wildman–Crippen LogP) is 3.33. The monoisotopic (exact) mass is 435 g/mol. The summed E-state index contributed by atoms with van der Waals surface area (Å²) in [6.45, 7) is 6.74. The number of fused-ring (bicyclic) bond motifs is 1. The number of hydrogen-bond acceptors (Lipinski definition) is 4. The summed E-state index contributed by atoms with van der Waals surface area (Å²) in [5, 5.41) is 9.61. The molecule has 0 spiro atoms. The number of amides is 2. The van der Waals surface area contributed by atoms with E-state index >= 15 is 0 Å². The highest BCUT2D eigenvalue weighted by molar-refractivity contribution is 6.43. The molecule has 7 nitrogen and oxygen atoms in total. The van der Waals surface area contributed by atoms with Gasteiger partial charge in [0.25, 0.3) is 0 Å². The van der Waals surface area contributed by atoms with Gasteiger partial charge in [0.15, 0.2) is 0 Å². The van der Waals surface area contributed by atoms with Crippen molar-refractivity contribution in [2.75, 3.05) is 23.7 Å². The van der Waals surface area contributed by atoms with Crippen molar-refractivity contribution in [2.24, 2.45) is 0 Å². The lowest BCUT2D eigenvalue weighted by molar-refractivity contribution is -0.133. The Bertz CT molecular complexity index is 1160. The van der Waals surface area contributed by atoms with Gasteiger partial charge in [-0.3, -0.25) is 14.5 Å². The number of anilines is 2. The van der Waals surface area contributed by atoms with Gasteiger partial charge in [0.1, 0.15) is 11.6 Å². The van der Waals surface area contributed by atoms with Crippen molar-refractivity contribution >= 4 is 23.3 Å². The van der Waals surface area contributed by atoms with Crippen LogP contribution in [0.15, 0.2) is 48.7 Å². The Morgan fingerprint density at radius 1 is 1.09 bits per heavy atom. The van der Waals surface area contributed by atoms with Gasteiger partial charge in [-0.2, -0.15) is 5.10 Å². The standard InChI is InChI=1S/C24H26FN5O2/c1-3-29-12-11-19-17(14-29)8-6-10-21(19)27-23(31)24(32)28-22-16(2)13-26-30(22)15-18-7-4-5-9-20(18)25/h4-10,13H,3,11-12,14-15H2,1-2H3,(H,27,31)(H,28,32). The van der Waals surface area contributed by atoms with Gasteiger partial charge in [-0.1, -0.05) is 37.3 Å². The molecule has 0 unspecified atom stereocenters. The molecule has 1 aromatic heterocycles. The highest BCUT2D eigenvalue weighted by atomic mass is 19.1. The van der Waals surface area contributed by atoms with Crippen LogP contribution >= 0.6 is 0 Å². The molecular formula is C24H26FN5O2. The summed E-state index contributed by atoms with van der Waals surface area (Å²) in [5.74, 6) is -1.55. The van der Waals surface area contributed by atoms with Crippen molar-refractivity contribution in [1.29, 1.82) is 0 Å². The van der Waals surface area contributed by atoms with Crippen molar-refractivity contribution in [3.63, 3.8) is 0 Å². The number of likely N-dealkylation sites (N-methyl/N-ethyl adjacent to an activating group) is 1. The Balaban J connectivity index is 1.47. The normalized spacial score (nSPS) is 13.5. The number of halogens is 1. The molecule has 0 radical (unpaired) electrons. The second-order valence-corrected chi connectivity index (χ2v) is 7.90. The Hall–Kier alpha value is -3.52. The molecule has 4 rings (SSSR count). The second-order valence-electron chi connectivity index (χ2n) is 7.90. The maximum absolute atomic E-state index is 14.0. The van der Waals surface area contributed by atoms with Gasteiger partial charge >= 0.3 is 11.8 Å². The van der Waals surface area contributed by atoms with Crippen molar-refractivity contribution in [1.82, 2.24) is 14.7 Å². The molecule has 1 aliphatic rings. The highest BCUT2D eigenvalue weighted by Gasteiger charge is 2.22. The summed E-state index contributed by atoms with van der Waals surface area (Å²) >= 11 is 0. The number of aryl methyl sites for hydroxylation is 1. The van der Waals surface area contributed by atoms with Crippen LogP contribution in [0.25, 0.3) is 0 Å². The first kappa shape index (κ1) is 21.7. The van der Waals surface area contributed by atoms with Gasteiger partial charge in [-0.05, 0) is 43.1 Å². The number of benzene rings is 2. The Kier molecular flexibility index (Phi) is 6.32. The molecule has 0 saturated carbocycles. The van der Waals surface area contributed by atoms with Gasteiger partial charge in [-0.15, -0.1) is 0 Å². The van der Waals surface area contributed by atoms with E-state index in [1.807, 2.05) is 12.1 Å². The Morgan fingerprint density at radius 3 is 2.66 bits per heavy atom. The molecule has 32 heavy (non-hydrogen) atoms. The van der Waals surface area contributed by atoms with Crippen LogP contribution in [0.4, 0.5) is 15.9 Å². The number of carbonyl (C=O) groups excluding carboxylic acids is 2. The van der Waals surface area contributed by atoms with Crippen LogP contribution in [-0.2, 0) is 29.1 Å². The summed E-state index contributed by atoms with van der Waals surface area (Å²) in [6, 6.07) is 12.1. The van der Waals surface area contributed by atoms with Crippen LogP contribution < -0.4 is 10.6 Å². The van der Waals surface area contributed by atoms with E-state index in [-0.39, 0.29) is 12.4 Å². The van der Waals surface area contributed by atoms with Gasteiger partial charge < -0.3 is 10.6 Å². The van der Waals surface area contributed by atoms with E-state index < -0.39 is 11.8 Å². The number of hydrogen-bond donors (Lipinski definition) is 2. The average molecular weight is 436 g/mol. The van der Waals surface area contributed by atoms with E-state index in [1.54, 1.807) is 31.3 Å². The fourth-order valence-electron chi connectivity index (χ4n) is 3.95. The number of aromatic nitrogens is 2. The zero-order valence-electron chi connectivity index (χ0n) is 18.2. The van der Waals surface area contributed by atoms with Crippen LogP contribution in [0.1, 0.15) is 29.2 Å². The van der Waals surface area contributed by atoms with Crippen molar-refractivity contribution in [3.8, 4) is 0 Å². The molecule has 2 N–H and O–H groups in total. The Morgan fingerprint density at radius 2 is 1.88 bits per heavy atom. The van der Waals surface area contributed by atoms with Crippen molar-refractivity contribution in [2.45, 2.75) is 33.4 Å². The maximum Gasteiger partial charge on any atom is 0.315 e. The summed E-state index contributed by atoms with van der Waals surface area (Å²) in [4.78, 5) is 27.6. The van der Waals surface area contributed by atoms with Crippen LogP contribution in [0.2, 0.25) is 0 Å². The molecule has 0 bridgehead atoms. The number of carbonyl (C=O) groups is 2. The lowest BCUT2D eigenvalue weighted by atomic mass is 9.97. The first-order valence-corrected chi connectivity index (χ1v) is 10.7. The zero-order valence-corrected chi connectivity index (χ0v) is 18.2. The van der Waals surface area contributed by atoms with E-state index in [4.69, 9.17) is 0 Å². The third kappa shape index (κ3) is 4.55. The second kappa shape index (κ2) is 9.32. The van der Waals surface area contributed by atoms with Gasteiger partial charge in [-0.25, -0.2) is 9.07 Å². The van der Waals surface area contributed by atoms with E-state index in [1.165, 1.54) is 10.7 Å². The molecule has 8 heteroatoms. The third-order valence-electron chi connectivity index (χ3n) is 5.78. The summed E-state index contributed by atoms with van der Waals surface area (Å²) in [5.41, 5.74) is 4.01. The van der Waals surface area contributed by atoms with E-state index in [9.17, 15) is 14.0 Å². The number of nitrogens with zero attached hydrogens (tertiary/aromatic N) is 3. The topological polar surface area (TPSA) is 79.3 Å². The quantitative estimate of drug-likeness (QED) is 0.603. The fraction of sp³-hybridized carbons (Fsp3) is 0.292. The molecule has 0 saturated heterocycles. The third-order valence-corrected chi connectivity index (χ3v) is 5.78. The minimum Gasteiger partial charge on any atom is -0.318 e. The molecule has 2 aromatic carbocycles. The first-order valence-electron chi connectivity index (χ1n) is 10.7. The summed E-state index contributed by atoms with van der Waals surface area (Å²) in [6.07, 6.45) is 2.39. The predicted molar refractivity (Wildman–Crippen MR) is 121 cm³/mol. The number of nitrogens with one attached hydrogen (secondary N) is 2. The molecule has 2 heterocycles. The molecular weight excluding hydrogens is 409 g/mol. The minimum atomic E-state index is -0.799. The maximum atomic E-state index is 14.0. The van der Waals surface area contributed by atoms with Gasteiger partial charge in [0.05, 0.1) is 12.7 Å². The molecule has 3 aromatic rings. The smallest absolute Gasteiger partial charge is 0.315 e. The molecule has 2 amide bonds. The molecule has 166 valence electrons. The fourth-order valence-corrected chi connectivity index (χ4v) is 3.95. The largest absolute Gasteiger partial charge is 0.318 e. The first-order chi connectivity index (χ1) is 15.5. The van der Waals surface area contributed by atoms with Crippen LogP contribution in [0, 0.1) is 12.7 Å². The van der Waals surface area contributed by atoms with E-state index in [0.29, 0.717) is 22.6 Å². The molecule has 0 atom stereocenters. The average Bonchev–Trinajstić information content (AvgIpc) is 3.14. The van der Waals surface area contributed by atoms with Gasteiger partial charge in [0.2, 0.25) is 0 Å². The van der Waals surface area contributed by atoms with Crippen molar-refractivity contribution < 1.29 is 14.0 Å². The number of rotatable bonds is 5. The molecule has 0 aliphatic carbocycles. The lowest BCUT2D eigenvalue weighted by Gasteiger charge is -2.29. The van der Waals surface area contributed by atoms with Crippen LogP contribution in [-0.4, -0.2) is 39.6 Å². The van der Waals surface area contributed by atoms with E-state index in [2.05, 4.69) is 33.6 Å². The summed E-state index contributed by atoms with van der Waals surface area (Å²) < 4.78 is 15.5. The van der Waals surface area contributed by atoms with Crippen LogP contribution in [0.3, 0.4) is 0 Å². The minimum absolute atomic E-state index is 0.137. The van der Waals surface area contributed by atoms with Gasteiger partial charge in [0, 0.05) is 29.9 Å². The highest BCUT2D eigenvalue weighted by Crippen LogP contribution is 2.26. The lowest BCUT2D eigenvalue weighted by Crippen LogP contribution is -2.33.